The van der Waals surface area contributed by atoms with E-state index in [9.17, 15) is 8.42 Å². The van der Waals surface area contributed by atoms with Crippen molar-refractivity contribution in [2.45, 2.75) is 17.7 Å². The third kappa shape index (κ3) is 2.35. The van der Waals surface area contributed by atoms with Crippen molar-refractivity contribution >= 4 is 26.5 Å². The highest BCUT2D eigenvalue weighted by molar-refractivity contribution is 7.91. The quantitative estimate of drug-likeness (QED) is 0.815. The van der Waals surface area contributed by atoms with E-state index >= 15 is 0 Å². The number of anilines is 1. The van der Waals surface area contributed by atoms with Crippen LogP contribution in [0.2, 0.25) is 0 Å². The largest absolute Gasteiger partial charge is 0.375 e. The number of nitrogens with two attached hydrogens (primary N) is 1. The normalized spacial score (nSPS) is 12.2. The van der Waals surface area contributed by atoms with Gasteiger partial charge in [-0.15, -0.1) is 0 Å². The molecule has 2 aromatic rings. The summed E-state index contributed by atoms with van der Waals surface area (Å²) in [5.74, 6) is 0.469. The maximum atomic E-state index is 12.3. The van der Waals surface area contributed by atoms with Gasteiger partial charge in [-0.1, -0.05) is 11.3 Å². The molecule has 0 atom stereocenters. The van der Waals surface area contributed by atoms with Crippen molar-refractivity contribution < 1.29 is 8.42 Å². The summed E-state index contributed by atoms with van der Waals surface area (Å²) in [6.07, 6.45) is 1.33. The number of hydrogen-bond donors (Lipinski definition) is 2. The van der Waals surface area contributed by atoms with E-state index in [-0.39, 0.29) is 15.9 Å². The van der Waals surface area contributed by atoms with Gasteiger partial charge >= 0.3 is 0 Å². The van der Waals surface area contributed by atoms with Gasteiger partial charge in [0.1, 0.15) is 12.2 Å². The number of nitrogen functional groups attached to an aromatic ring is 1. The van der Waals surface area contributed by atoms with E-state index in [1.54, 1.807) is 6.92 Å². The summed E-state index contributed by atoms with van der Waals surface area (Å²) in [5.41, 5.74) is 5.91. The minimum atomic E-state index is -3.60. The number of nitrogens with zero attached hydrogens (tertiary/aromatic N) is 4. The molecule has 2 rings (SSSR count). The second kappa shape index (κ2) is 4.63. The van der Waals surface area contributed by atoms with Gasteiger partial charge in [0, 0.05) is 7.05 Å². The van der Waals surface area contributed by atoms with Gasteiger partial charge in [-0.05, 0) is 6.92 Å². The van der Waals surface area contributed by atoms with E-state index in [2.05, 4.69) is 20.2 Å². The molecule has 10 heteroatoms. The molecule has 0 spiro atoms. The summed E-state index contributed by atoms with van der Waals surface area (Å²) in [7, 11) is -2.14. The Morgan fingerprint density at radius 2 is 2.28 bits per heavy atom. The van der Waals surface area contributed by atoms with Gasteiger partial charge < -0.3 is 5.73 Å². The van der Waals surface area contributed by atoms with Crippen LogP contribution < -0.4 is 5.73 Å². The van der Waals surface area contributed by atoms with Crippen LogP contribution in [0.5, 0.6) is 0 Å². The predicted octanol–water partition coefficient (Wildman–Crippen LogP) is -0.0275. The average Bonchev–Trinajstić information content (AvgIpc) is 2.88. The minimum absolute atomic E-state index is 0.111. The van der Waals surface area contributed by atoms with Crippen molar-refractivity contribution in [3.8, 4) is 0 Å². The fraction of sp³-hybridized carbons (Fsp3) is 0.375. The zero-order chi connectivity index (χ0) is 13.3. The molecule has 0 fully saturated rings. The summed E-state index contributed by atoms with van der Waals surface area (Å²) in [5, 5.41) is 6.51. The number of aryl methyl sites for hydroxylation is 1. The summed E-state index contributed by atoms with van der Waals surface area (Å²) in [4.78, 5) is 7.79. The lowest BCUT2D eigenvalue weighted by molar-refractivity contribution is 0.458. The van der Waals surface area contributed by atoms with Gasteiger partial charge in [-0.25, -0.2) is 18.4 Å². The van der Waals surface area contributed by atoms with E-state index in [0.717, 1.165) is 11.3 Å². The zero-order valence-electron chi connectivity index (χ0n) is 9.78. The Bertz CT molecular complexity index is 633. The Morgan fingerprint density at radius 1 is 1.56 bits per heavy atom. The standard InChI is InChI=1S/C8H12N6O2S2/c1-5-7(17-8(9)12-5)18(15,16)14(2)3-6-10-4-11-13-6/h4H,3H2,1-2H3,(H2,9,12)(H,10,11,13). The van der Waals surface area contributed by atoms with E-state index in [1.165, 1.54) is 17.7 Å². The first-order valence-electron chi connectivity index (χ1n) is 4.94. The zero-order valence-corrected chi connectivity index (χ0v) is 11.4. The first kappa shape index (κ1) is 12.9. The summed E-state index contributed by atoms with van der Waals surface area (Å²) in [6, 6.07) is 0. The van der Waals surface area contributed by atoms with E-state index in [4.69, 9.17) is 5.73 Å². The molecule has 3 N–H and O–H groups in total. The number of hydrogen-bond acceptors (Lipinski definition) is 7. The monoisotopic (exact) mass is 288 g/mol. The second-order valence-corrected chi connectivity index (χ2v) is 6.89. The summed E-state index contributed by atoms with van der Waals surface area (Å²) >= 11 is 0.953. The smallest absolute Gasteiger partial charge is 0.254 e. The molecule has 0 aromatic carbocycles. The van der Waals surface area contributed by atoms with Crippen LogP contribution in [0.3, 0.4) is 0 Å². The molecule has 0 saturated carbocycles. The molecule has 98 valence electrons. The van der Waals surface area contributed by atoms with Gasteiger partial charge in [-0.2, -0.15) is 9.40 Å². The molecular weight excluding hydrogens is 276 g/mol. The van der Waals surface area contributed by atoms with Gasteiger partial charge in [0.15, 0.2) is 9.34 Å². The number of aromatic amines is 1. The Morgan fingerprint density at radius 3 is 2.78 bits per heavy atom. The van der Waals surface area contributed by atoms with Gasteiger partial charge in [0.05, 0.1) is 12.2 Å². The number of nitrogens with one attached hydrogen (secondary N) is 1. The predicted molar refractivity (Wildman–Crippen MR) is 66.3 cm³/mol. The fourth-order valence-electron chi connectivity index (χ4n) is 1.39. The second-order valence-electron chi connectivity index (χ2n) is 3.62. The highest BCUT2D eigenvalue weighted by Crippen LogP contribution is 2.27. The van der Waals surface area contributed by atoms with E-state index in [1.807, 2.05) is 0 Å². The van der Waals surface area contributed by atoms with Crippen LogP contribution in [0.25, 0.3) is 0 Å². The van der Waals surface area contributed by atoms with Crippen molar-refractivity contribution in [1.29, 1.82) is 0 Å². The maximum absolute atomic E-state index is 12.3. The topological polar surface area (TPSA) is 118 Å². The van der Waals surface area contributed by atoms with E-state index < -0.39 is 10.0 Å². The first-order chi connectivity index (χ1) is 8.41. The van der Waals surface area contributed by atoms with Gasteiger partial charge in [0.2, 0.25) is 0 Å². The molecule has 2 aromatic heterocycles. The minimum Gasteiger partial charge on any atom is -0.375 e. The van der Waals surface area contributed by atoms with Crippen LogP contribution in [0.4, 0.5) is 5.13 Å². The average molecular weight is 288 g/mol. The maximum Gasteiger partial charge on any atom is 0.254 e. The number of H-pyrrole nitrogens is 1. The molecule has 0 saturated heterocycles. The molecule has 0 aliphatic rings. The third-order valence-electron chi connectivity index (χ3n) is 2.25. The van der Waals surface area contributed by atoms with Crippen LogP contribution >= 0.6 is 11.3 Å². The van der Waals surface area contributed by atoms with Gasteiger partial charge in [-0.3, -0.25) is 5.10 Å². The Balaban J connectivity index is 2.28. The van der Waals surface area contributed by atoms with Crippen LogP contribution in [0.15, 0.2) is 10.5 Å². The molecule has 8 nitrogen and oxygen atoms in total. The van der Waals surface area contributed by atoms with Crippen LogP contribution in [0.1, 0.15) is 11.5 Å². The molecule has 18 heavy (non-hydrogen) atoms. The Hall–Kier alpha value is -1.52. The van der Waals surface area contributed by atoms with E-state index in [0.29, 0.717) is 11.5 Å². The highest BCUT2D eigenvalue weighted by atomic mass is 32.2. The number of aromatic nitrogens is 4. The molecule has 2 heterocycles. The van der Waals surface area contributed by atoms with Crippen LogP contribution in [0, 0.1) is 6.92 Å². The lowest BCUT2D eigenvalue weighted by Crippen LogP contribution is -2.26. The molecule has 0 unspecified atom stereocenters. The van der Waals surface area contributed by atoms with Crippen molar-refractivity contribution in [3.05, 3.63) is 17.8 Å². The summed E-state index contributed by atoms with van der Waals surface area (Å²) in [6.45, 7) is 1.72. The first-order valence-corrected chi connectivity index (χ1v) is 7.20. The van der Waals surface area contributed by atoms with Gasteiger partial charge in [0.25, 0.3) is 10.0 Å². The highest BCUT2D eigenvalue weighted by Gasteiger charge is 2.26. The lowest BCUT2D eigenvalue weighted by Gasteiger charge is -2.14. The van der Waals surface area contributed by atoms with Crippen LogP contribution in [-0.4, -0.2) is 39.9 Å². The number of thiazole rings is 1. The Kier molecular flexibility index (Phi) is 3.32. The molecular formula is C8H12N6O2S2. The van der Waals surface area contributed by atoms with Crippen LogP contribution in [-0.2, 0) is 16.6 Å². The fourth-order valence-corrected chi connectivity index (χ4v) is 4.01. The molecule has 0 bridgehead atoms. The SMILES string of the molecule is Cc1nc(N)sc1S(=O)(=O)N(C)Cc1ncn[nH]1. The number of rotatable bonds is 4. The molecule has 0 aliphatic heterocycles. The summed E-state index contributed by atoms with van der Waals surface area (Å²) < 4.78 is 25.9. The molecule has 0 aliphatic carbocycles. The van der Waals surface area contributed by atoms with Crippen molar-refractivity contribution in [2.24, 2.45) is 0 Å². The lowest BCUT2D eigenvalue weighted by atomic mass is 10.6. The van der Waals surface area contributed by atoms with Crippen molar-refractivity contribution in [2.75, 3.05) is 12.8 Å². The van der Waals surface area contributed by atoms with Crippen molar-refractivity contribution in [1.82, 2.24) is 24.5 Å². The Labute approximate surface area is 108 Å². The molecule has 0 radical (unpaired) electrons. The van der Waals surface area contributed by atoms with Crippen molar-refractivity contribution in [3.63, 3.8) is 0 Å². The number of sulfonamides is 1. The third-order valence-corrected chi connectivity index (χ3v) is 5.63. The molecule has 0 amide bonds.